The molecule has 20 fully saturated rings. The Bertz CT molecular complexity index is 3420. The second-order valence-electron chi connectivity index (χ2n) is 42.8. The van der Waals surface area contributed by atoms with Crippen molar-refractivity contribution in [3.05, 3.63) is 59.8 Å². The van der Waals surface area contributed by atoms with E-state index in [9.17, 15) is 29.2 Å². The van der Waals surface area contributed by atoms with E-state index in [0.717, 1.165) is 110 Å². The molecule has 21 aliphatic carbocycles. The molecule has 22 atom stereocenters. The highest BCUT2D eigenvalue weighted by molar-refractivity contribution is 9.09. The van der Waals surface area contributed by atoms with Gasteiger partial charge >= 0.3 is 0 Å². The van der Waals surface area contributed by atoms with Gasteiger partial charge in [-0.15, -0.1) is 32.1 Å². The monoisotopic (exact) mass is 1480 g/mol. The number of rotatable bonds is 7. The Morgan fingerprint density at radius 2 is 0.882 bits per heavy atom. The summed E-state index contributed by atoms with van der Waals surface area (Å²) in [5, 5.41) is 14.0. The topological polar surface area (TPSA) is 144 Å². The van der Waals surface area contributed by atoms with Crippen LogP contribution in [0, 0.1) is 148 Å². The maximum absolute atomic E-state index is 12.5. The maximum Gasteiger partial charge on any atom is 0.143 e. The molecule has 10 heteroatoms. The second kappa shape index (κ2) is 27.1. The first-order chi connectivity index (χ1) is 47.4. The number of oxime groups is 1. The van der Waals surface area contributed by atoms with Gasteiger partial charge in [-0.05, 0) is 352 Å². The number of fused-ring (bicyclic) bond motifs is 21. The van der Waals surface area contributed by atoms with E-state index in [1.807, 2.05) is 27.7 Å². The molecule has 21 rings (SSSR count). The average molecular weight is 1480 g/mol. The van der Waals surface area contributed by atoms with E-state index < -0.39 is 0 Å². The van der Waals surface area contributed by atoms with Crippen molar-refractivity contribution in [2.45, 2.75) is 320 Å². The van der Waals surface area contributed by atoms with Crippen LogP contribution in [0.25, 0.3) is 0 Å². The summed E-state index contributed by atoms with van der Waals surface area (Å²) in [5.41, 5.74) is 20.0. The van der Waals surface area contributed by atoms with Crippen LogP contribution in [0.2, 0.25) is 0 Å². The minimum atomic E-state index is -0.124. The predicted molar refractivity (Wildman–Crippen MR) is 420 cm³/mol. The second-order valence-corrected chi connectivity index (χ2v) is 43.3. The van der Waals surface area contributed by atoms with Crippen molar-refractivity contribution >= 4 is 63.0 Å². The molecule has 21 aliphatic rings. The molecule has 8 nitrogen and oxygen atoms in total. The lowest BCUT2D eigenvalue weighted by molar-refractivity contribution is -0.133. The van der Waals surface area contributed by atoms with Crippen molar-refractivity contribution < 1.29 is 29.2 Å². The summed E-state index contributed by atoms with van der Waals surface area (Å²) in [7, 11) is 0. The fourth-order valence-corrected chi connectivity index (χ4v) is 30.3. The summed E-state index contributed by atoms with van der Waals surface area (Å²) in [6.07, 6.45) is 44.7. The minimum Gasteiger partial charge on any atom is -0.411 e. The number of nitrogens with zero attached hydrogens (tertiary/aromatic N) is 1. The van der Waals surface area contributed by atoms with Crippen LogP contribution in [0.3, 0.4) is 0 Å². The van der Waals surface area contributed by atoms with E-state index in [2.05, 4.69) is 103 Å². The number of hydrogen-bond acceptors (Lipinski definition) is 8. The highest BCUT2D eigenvalue weighted by Crippen LogP contribution is 2.84. The van der Waals surface area contributed by atoms with Crippen LogP contribution in [0.5, 0.6) is 0 Å². The standard InChI is InChI=1S/C15H22O.C14H21NO.C14H23N.C14H20O.C13H18O.C11H16O.C7H10O.C4H7Br.ClH/c1-10(2)8-15(9-11(3)4)13-6-5-12(7-13)14(15)16;1-12-6-13(12,2)8-14(7-12)10-4-3-9(5-10)11(14)15-16;2*1-12-6-13(12,2)8-14(7-12)10-4-3-9(5-10)11(14)15;1-8-6-13(7-9(8)2)11-4-3-10(5-11)12(13)14;1-7(2)5-10-8-3-4-9(6-8)11(10)12;8-7-4-5-1-2-6(7)3-5;1-4(2)3-5;/h12-13H,1,3,5-9H2,2,4H3;9-10,16H,3-8H2,1-2H3;9-11H,3-8,15H2,1-2H3;9-10H,3-8H2,1-2H3;10-11H,3-7H2,1-2H3;8-10H,1,3-6H2,2H3;5-6H,1-4H2;1,3H2,2H3;1H/b;15-11-;;;;;;;/t12-,13+;9-,10+,12?,13?,14?;9-,10+,11-,12?,13?,14?;9-,10+,12?,13?,14?;10-,11+;8-,9+,10?;5-,6+;;/m1111100../s1. The Morgan fingerprint density at radius 1 is 0.461 bits per heavy atom. The van der Waals surface area contributed by atoms with Crippen molar-refractivity contribution in [1.29, 1.82) is 0 Å². The molecular weight excluding hydrogens is 1340 g/mol. The third-order valence-electron chi connectivity index (χ3n) is 35.7. The molecule has 0 radical (unpaired) electrons. The van der Waals surface area contributed by atoms with Crippen LogP contribution in [0.1, 0.15) is 314 Å². The first kappa shape index (κ1) is 77.4. The van der Waals surface area contributed by atoms with E-state index >= 15 is 0 Å². The lowest BCUT2D eigenvalue weighted by atomic mass is 9.65. The molecule has 0 saturated heterocycles. The fourth-order valence-electron chi connectivity index (χ4n) is 30.3. The van der Waals surface area contributed by atoms with E-state index in [0.29, 0.717) is 132 Å². The van der Waals surface area contributed by atoms with Gasteiger partial charge in [-0.3, -0.25) is 24.0 Å². The number of alkyl halides is 1. The van der Waals surface area contributed by atoms with Gasteiger partial charge in [0.25, 0.3) is 0 Å². The number of halogens is 2. The van der Waals surface area contributed by atoms with Gasteiger partial charge in [-0.2, -0.15) is 0 Å². The molecule has 7 unspecified atom stereocenters. The van der Waals surface area contributed by atoms with E-state index in [1.165, 1.54) is 201 Å². The average Bonchev–Trinajstić information content (AvgIpc) is 1.50. The quantitative estimate of drug-likeness (QED) is 0.112. The lowest BCUT2D eigenvalue weighted by Crippen LogP contribution is -2.46. The smallest absolute Gasteiger partial charge is 0.143 e. The molecule has 0 aromatic rings. The molecule has 0 aromatic carbocycles. The zero-order valence-corrected chi connectivity index (χ0v) is 68.4. The Hall–Kier alpha value is -2.75. The summed E-state index contributed by atoms with van der Waals surface area (Å²) >= 11 is 3.21. The summed E-state index contributed by atoms with van der Waals surface area (Å²) in [6.45, 7) is 42.8. The zero-order chi connectivity index (χ0) is 72.5. The summed E-state index contributed by atoms with van der Waals surface area (Å²) in [4.78, 5) is 59.7. The molecule has 4 spiro atoms. The molecule has 566 valence electrons. The molecule has 0 aromatic heterocycles. The van der Waals surface area contributed by atoms with Gasteiger partial charge in [-0.25, -0.2) is 0 Å². The van der Waals surface area contributed by atoms with Crippen molar-refractivity contribution in [2.24, 2.45) is 159 Å². The van der Waals surface area contributed by atoms with Gasteiger partial charge in [-0.1, -0.05) is 103 Å². The third kappa shape index (κ3) is 12.6. The molecule has 0 amide bonds. The highest BCUT2D eigenvalue weighted by Gasteiger charge is 2.78. The van der Waals surface area contributed by atoms with Crippen molar-refractivity contribution in [2.75, 3.05) is 5.33 Å². The number of carbonyl (C=O) groups excluding carboxylic acids is 5. The van der Waals surface area contributed by atoms with E-state index in [-0.39, 0.29) is 28.7 Å². The number of nitrogens with two attached hydrogens (primary N) is 1. The van der Waals surface area contributed by atoms with Crippen LogP contribution in [-0.2, 0) is 24.0 Å². The third-order valence-corrected chi connectivity index (χ3v) is 36.7. The molecule has 0 aliphatic heterocycles. The largest absolute Gasteiger partial charge is 0.411 e. The lowest BCUT2D eigenvalue weighted by Gasteiger charge is -2.41. The van der Waals surface area contributed by atoms with Crippen LogP contribution in [0.4, 0.5) is 0 Å². The van der Waals surface area contributed by atoms with Gasteiger partial charge in [0, 0.05) is 80.9 Å². The number of hydrogen-bond donors (Lipinski definition) is 2. The molecule has 0 heterocycles. The number of ketones is 5. The first-order valence-corrected chi connectivity index (χ1v) is 43.0. The van der Waals surface area contributed by atoms with Crippen LogP contribution >= 0.6 is 28.3 Å². The van der Waals surface area contributed by atoms with Gasteiger partial charge in [0.15, 0.2) is 0 Å². The SMILES string of the molecule is C=C(C)CBr.C=C(C)CC1(CC(=C)C)C(=O)[C@@H]2CC[C@H]1C2.C=C(C)CC1C(=O)[C@@H]2CC[C@H]1C2.CC12CC3(CC1(C)C2)/C(=N\O)[C@@H]1CC[C@H]3C1.CC12CC3(CC1(C)C2)C(=O)[C@@H]1CC[C@H]3C1.CC12CC3(CC1(C)C2)[C@H]1CC[C@H](C1)[C@H]3N.CC1=C(C)CC2(C1)C(=O)[C@@H]1CC[C@H]2C1.Cl.O=C1C[C@H]2CC[C@@H]1C2. The molecular formula is C92H138BrClN2O6. The van der Waals surface area contributed by atoms with E-state index in [4.69, 9.17) is 5.73 Å². The van der Waals surface area contributed by atoms with Gasteiger partial charge in [0.2, 0.25) is 0 Å². The maximum atomic E-state index is 12.5. The van der Waals surface area contributed by atoms with Gasteiger partial charge in [0.05, 0.1) is 5.71 Å². The summed E-state index contributed by atoms with van der Waals surface area (Å²) in [5.74, 6) is 12.4. The van der Waals surface area contributed by atoms with Gasteiger partial charge < -0.3 is 10.9 Å². The van der Waals surface area contributed by atoms with E-state index in [1.54, 1.807) is 0 Å². The number of Topliss-reactive ketones (excluding diaryl/α,β-unsaturated/α-hetero) is 5. The van der Waals surface area contributed by atoms with Gasteiger partial charge in [0.1, 0.15) is 28.9 Å². The Kier molecular flexibility index (Phi) is 20.5. The fraction of sp³-hybridized carbons (Fsp3) is 0.826. The molecule has 14 bridgehead atoms. The minimum absolute atomic E-state index is 0. The Labute approximate surface area is 632 Å². The van der Waals surface area contributed by atoms with Crippen LogP contribution in [0.15, 0.2) is 64.9 Å². The Morgan fingerprint density at radius 3 is 1.26 bits per heavy atom. The highest BCUT2D eigenvalue weighted by atomic mass is 79.9. The Balaban J connectivity index is 0.000000106. The van der Waals surface area contributed by atoms with Crippen molar-refractivity contribution in [1.82, 2.24) is 0 Å². The molecule has 3 N–H and O–H groups in total. The first-order valence-electron chi connectivity index (χ1n) is 41.9. The number of allylic oxidation sites excluding steroid dienone is 6. The normalized spacial score (nSPS) is 48.6. The van der Waals surface area contributed by atoms with Crippen LogP contribution in [-0.4, -0.2) is 51.2 Å². The van der Waals surface area contributed by atoms with Crippen molar-refractivity contribution in [3.8, 4) is 0 Å². The molecule has 102 heavy (non-hydrogen) atoms. The van der Waals surface area contributed by atoms with Crippen LogP contribution < -0.4 is 5.73 Å². The zero-order valence-electron chi connectivity index (χ0n) is 66.0. The number of carbonyl (C=O) groups is 5. The predicted octanol–water partition coefficient (Wildman–Crippen LogP) is 22.9. The molecule has 20 saturated carbocycles. The van der Waals surface area contributed by atoms with Crippen molar-refractivity contribution in [3.63, 3.8) is 0 Å². The summed E-state index contributed by atoms with van der Waals surface area (Å²) in [6, 6.07) is 0.553. The summed E-state index contributed by atoms with van der Waals surface area (Å²) < 4.78 is 0.